The number of ether oxygens (including phenoxy) is 2. The lowest BCUT2D eigenvalue weighted by atomic mass is 10.1. The van der Waals surface area contributed by atoms with Gasteiger partial charge in [-0.1, -0.05) is 6.92 Å². The van der Waals surface area contributed by atoms with Crippen molar-refractivity contribution >= 4 is 12.3 Å². The number of hydrogen-bond acceptors (Lipinski definition) is 8. The molecule has 0 rings (SSSR count). The molecule has 0 bridgehead atoms. The Bertz CT molecular complexity index is 381. The van der Waals surface area contributed by atoms with E-state index >= 15 is 0 Å². The molecular weight excluding hydrogens is 320 g/mol. The SMILES string of the molecule is CCC(CCCOC(=O)OOC(C)(C)C)OC(=O)OOC(C)(C)C. The van der Waals surface area contributed by atoms with Crippen molar-refractivity contribution < 1.29 is 38.6 Å². The van der Waals surface area contributed by atoms with Crippen molar-refractivity contribution in [2.24, 2.45) is 0 Å². The van der Waals surface area contributed by atoms with E-state index in [2.05, 4.69) is 9.78 Å². The fraction of sp³-hybridized carbons (Fsp3) is 0.875. The molecule has 0 aliphatic carbocycles. The van der Waals surface area contributed by atoms with Crippen LogP contribution in [0.15, 0.2) is 0 Å². The molecule has 0 aromatic carbocycles. The third-order valence-electron chi connectivity index (χ3n) is 2.33. The van der Waals surface area contributed by atoms with Gasteiger partial charge in [0.25, 0.3) is 0 Å². The molecule has 0 saturated heterocycles. The second kappa shape index (κ2) is 10.4. The molecule has 24 heavy (non-hydrogen) atoms. The highest BCUT2D eigenvalue weighted by atomic mass is 17.2. The normalized spacial score (nSPS) is 13.1. The fourth-order valence-corrected chi connectivity index (χ4v) is 1.31. The van der Waals surface area contributed by atoms with Gasteiger partial charge in [0.2, 0.25) is 0 Å². The van der Waals surface area contributed by atoms with Crippen LogP contribution < -0.4 is 0 Å². The van der Waals surface area contributed by atoms with Gasteiger partial charge in [0.05, 0.1) is 6.61 Å². The zero-order valence-electron chi connectivity index (χ0n) is 15.7. The molecular formula is C16H30O8. The Morgan fingerprint density at radius 1 is 0.875 bits per heavy atom. The highest BCUT2D eigenvalue weighted by Gasteiger charge is 2.20. The van der Waals surface area contributed by atoms with E-state index in [0.29, 0.717) is 19.3 Å². The van der Waals surface area contributed by atoms with Gasteiger partial charge in [-0.05, 0) is 60.8 Å². The van der Waals surface area contributed by atoms with Gasteiger partial charge < -0.3 is 9.47 Å². The van der Waals surface area contributed by atoms with Gasteiger partial charge in [0, 0.05) is 0 Å². The van der Waals surface area contributed by atoms with E-state index in [4.69, 9.17) is 19.2 Å². The van der Waals surface area contributed by atoms with Crippen molar-refractivity contribution in [2.75, 3.05) is 6.61 Å². The van der Waals surface area contributed by atoms with Crippen LogP contribution in [-0.2, 0) is 29.0 Å². The van der Waals surface area contributed by atoms with Gasteiger partial charge >= 0.3 is 12.3 Å². The third-order valence-corrected chi connectivity index (χ3v) is 2.33. The molecule has 0 amide bonds. The first kappa shape index (κ1) is 22.5. The molecule has 1 atom stereocenters. The van der Waals surface area contributed by atoms with Crippen molar-refractivity contribution in [3.63, 3.8) is 0 Å². The third kappa shape index (κ3) is 14.1. The average Bonchev–Trinajstić information content (AvgIpc) is 2.44. The fourth-order valence-electron chi connectivity index (χ4n) is 1.31. The van der Waals surface area contributed by atoms with Gasteiger partial charge in [0.15, 0.2) is 0 Å². The van der Waals surface area contributed by atoms with Crippen LogP contribution in [0.4, 0.5) is 9.59 Å². The molecule has 0 heterocycles. The Balaban J connectivity index is 3.90. The maximum Gasteiger partial charge on any atom is 0.540 e. The Morgan fingerprint density at radius 3 is 1.83 bits per heavy atom. The number of rotatable bonds is 8. The van der Waals surface area contributed by atoms with E-state index in [0.717, 1.165) is 0 Å². The summed E-state index contributed by atoms with van der Waals surface area (Å²) in [7, 11) is 0. The smallest absolute Gasteiger partial charge is 0.432 e. The molecule has 0 aromatic heterocycles. The highest BCUT2D eigenvalue weighted by molar-refractivity contribution is 5.59. The minimum Gasteiger partial charge on any atom is -0.432 e. The van der Waals surface area contributed by atoms with Crippen molar-refractivity contribution in [1.82, 2.24) is 0 Å². The molecule has 0 N–H and O–H groups in total. The maximum absolute atomic E-state index is 11.5. The quantitative estimate of drug-likeness (QED) is 0.277. The summed E-state index contributed by atoms with van der Waals surface area (Å²) >= 11 is 0. The first-order chi connectivity index (χ1) is 10.9. The molecule has 0 spiro atoms. The van der Waals surface area contributed by atoms with E-state index < -0.39 is 23.5 Å². The molecule has 0 aliphatic heterocycles. The lowest BCUT2D eigenvalue weighted by Crippen LogP contribution is -2.25. The lowest BCUT2D eigenvalue weighted by molar-refractivity contribution is -0.314. The predicted molar refractivity (Wildman–Crippen MR) is 85.0 cm³/mol. The van der Waals surface area contributed by atoms with Gasteiger partial charge in [-0.2, -0.15) is 9.78 Å². The summed E-state index contributed by atoms with van der Waals surface area (Å²) in [6, 6.07) is 0. The first-order valence-electron chi connectivity index (χ1n) is 8.01. The van der Waals surface area contributed by atoms with Crippen molar-refractivity contribution in [2.45, 2.75) is 85.0 Å². The first-order valence-corrected chi connectivity index (χ1v) is 8.01. The molecule has 0 fully saturated rings. The van der Waals surface area contributed by atoms with E-state index in [-0.39, 0.29) is 12.7 Å². The molecule has 0 radical (unpaired) electrons. The van der Waals surface area contributed by atoms with E-state index in [1.165, 1.54) is 0 Å². The summed E-state index contributed by atoms with van der Waals surface area (Å²) in [6.07, 6.45) is -0.549. The van der Waals surface area contributed by atoms with Gasteiger partial charge in [-0.25, -0.2) is 9.59 Å². The summed E-state index contributed by atoms with van der Waals surface area (Å²) in [5.74, 6) is 0. The van der Waals surface area contributed by atoms with Crippen LogP contribution in [0.1, 0.15) is 67.7 Å². The second-order valence-electron chi connectivity index (χ2n) is 7.20. The van der Waals surface area contributed by atoms with Crippen LogP contribution in [0.2, 0.25) is 0 Å². The Labute approximate surface area is 143 Å². The van der Waals surface area contributed by atoms with Crippen LogP contribution in [0.3, 0.4) is 0 Å². The van der Waals surface area contributed by atoms with E-state index in [1.807, 2.05) is 6.92 Å². The van der Waals surface area contributed by atoms with Gasteiger partial charge in [-0.3, -0.25) is 9.78 Å². The zero-order valence-corrected chi connectivity index (χ0v) is 15.7. The van der Waals surface area contributed by atoms with Crippen molar-refractivity contribution in [1.29, 1.82) is 0 Å². The molecule has 8 nitrogen and oxygen atoms in total. The largest absolute Gasteiger partial charge is 0.540 e. The monoisotopic (exact) mass is 350 g/mol. The Morgan fingerprint density at radius 2 is 1.38 bits per heavy atom. The van der Waals surface area contributed by atoms with Crippen molar-refractivity contribution in [3.8, 4) is 0 Å². The summed E-state index contributed by atoms with van der Waals surface area (Å²) in [4.78, 5) is 41.5. The molecule has 0 aliphatic rings. The summed E-state index contributed by atoms with van der Waals surface area (Å²) in [5, 5.41) is 0. The topological polar surface area (TPSA) is 89.5 Å². The predicted octanol–water partition coefficient (Wildman–Crippen LogP) is 4.31. The molecule has 0 aromatic rings. The number of carbonyl (C=O) groups is 2. The summed E-state index contributed by atoms with van der Waals surface area (Å²) < 4.78 is 9.96. The Hall–Kier alpha value is -1.54. The highest BCUT2D eigenvalue weighted by Crippen LogP contribution is 2.12. The van der Waals surface area contributed by atoms with Crippen LogP contribution in [-0.4, -0.2) is 36.2 Å². The van der Waals surface area contributed by atoms with Crippen molar-refractivity contribution in [3.05, 3.63) is 0 Å². The van der Waals surface area contributed by atoms with E-state index in [9.17, 15) is 9.59 Å². The molecule has 1 unspecified atom stereocenters. The van der Waals surface area contributed by atoms with Crippen LogP contribution in [0.25, 0.3) is 0 Å². The van der Waals surface area contributed by atoms with Crippen LogP contribution >= 0.6 is 0 Å². The standard InChI is InChI=1S/C16H30O8/c1-8-12(20-14(18)22-24-16(5,6)7)10-9-11-19-13(17)21-23-15(2,3)4/h12H,8-11H2,1-7H3. The molecule has 0 saturated carbocycles. The minimum atomic E-state index is -0.906. The maximum atomic E-state index is 11.5. The number of carbonyl (C=O) groups excluding carboxylic acids is 2. The van der Waals surface area contributed by atoms with Gasteiger partial charge in [-0.15, -0.1) is 0 Å². The average molecular weight is 350 g/mol. The summed E-state index contributed by atoms with van der Waals surface area (Å²) in [5.41, 5.74) is -1.21. The summed E-state index contributed by atoms with van der Waals surface area (Å²) in [6.45, 7) is 12.5. The molecule has 8 heteroatoms. The second-order valence-corrected chi connectivity index (χ2v) is 7.20. The number of hydrogen-bond donors (Lipinski definition) is 0. The van der Waals surface area contributed by atoms with E-state index in [1.54, 1.807) is 41.5 Å². The van der Waals surface area contributed by atoms with Gasteiger partial charge in [0.1, 0.15) is 17.3 Å². The molecule has 142 valence electrons. The Kier molecular flexibility index (Phi) is 9.69. The lowest BCUT2D eigenvalue weighted by Gasteiger charge is -2.19. The van der Waals surface area contributed by atoms with Crippen LogP contribution in [0, 0.1) is 0 Å². The minimum absolute atomic E-state index is 0.125. The zero-order chi connectivity index (χ0) is 18.8. The van der Waals surface area contributed by atoms with Crippen LogP contribution in [0.5, 0.6) is 0 Å².